The van der Waals surface area contributed by atoms with E-state index in [9.17, 15) is 14.4 Å². The average Bonchev–Trinajstić information content (AvgIpc) is 2.58. The molecule has 27 heavy (non-hydrogen) atoms. The highest BCUT2D eigenvalue weighted by Gasteiger charge is 2.26. The Morgan fingerprint density at radius 1 is 1.07 bits per heavy atom. The Bertz CT molecular complexity index is 1120. The Morgan fingerprint density at radius 3 is 2.19 bits per heavy atom. The summed E-state index contributed by atoms with van der Waals surface area (Å²) in [5, 5.41) is 4.46. The summed E-state index contributed by atoms with van der Waals surface area (Å²) in [6.07, 6.45) is 0.942. The molecule has 0 radical (unpaired) electrons. The van der Waals surface area contributed by atoms with Crippen LogP contribution in [0.1, 0.15) is 17.0 Å². The molecule has 10 heteroatoms. The van der Waals surface area contributed by atoms with Gasteiger partial charge in [0.15, 0.2) is 0 Å². The van der Waals surface area contributed by atoms with Crippen LogP contribution in [-0.4, -0.2) is 20.7 Å². The highest BCUT2D eigenvalue weighted by atomic mass is 35.5. The second-order valence-corrected chi connectivity index (χ2v) is 6.81. The second kappa shape index (κ2) is 7.56. The van der Waals surface area contributed by atoms with E-state index in [-0.39, 0.29) is 21.3 Å². The molecule has 2 aromatic carbocycles. The van der Waals surface area contributed by atoms with E-state index < -0.39 is 23.1 Å². The summed E-state index contributed by atoms with van der Waals surface area (Å²) >= 11 is 18.6. The van der Waals surface area contributed by atoms with Crippen LogP contribution >= 0.6 is 34.8 Å². The van der Waals surface area contributed by atoms with Crippen LogP contribution in [0, 0.1) is 0 Å². The van der Waals surface area contributed by atoms with Crippen molar-refractivity contribution in [1.82, 2.24) is 14.8 Å². The summed E-state index contributed by atoms with van der Waals surface area (Å²) in [6, 6.07) is 9.33. The topological polar surface area (TPSA) is 111 Å². The van der Waals surface area contributed by atoms with E-state index in [1.54, 1.807) is 24.3 Å². The van der Waals surface area contributed by atoms with Crippen LogP contribution in [-0.2, 0) is 4.79 Å². The zero-order valence-electron chi connectivity index (χ0n) is 13.4. The van der Waals surface area contributed by atoms with Crippen molar-refractivity contribution in [3.63, 3.8) is 0 Å². The number of nitrogens with two attached hydrogens (primary N) is 1. The Hall–Kier alpha value is -2.61. The Balaban J connectivity index is 2.16. The predicted octanol–water partition coefficient (Wildman–Crippen LogP) is 2.50. The van der Waals surface area contributed by atoms with Crippen LogP contribution < -0.4 is 17.0 Å². The number of aromatic amines is 1. The molecule has 138 valence electrons. The zero-order valence-corrected chi connectivity index (χ0v) is 15.7. The van der Waals surface area contributed by atoms with Crippen molar-refractivity contribution in [2.75, 3.05) is 0 Å². The highest BCUT2D eigenvalue weighted by molar-refractivity contribution is 6.37. The maximum absolute atomic E-state index is 12.1. The molecule has 1 unspecified atom stereocenters. The quantitative estimate of drug-likeness (QED) is 0.669. The monoisotopic (exact) mass is 424 g/mol. The minimum Gasteiger partial charge on any atom is -0.369 e. The molecule has 1 heterocycles. The molecule has 0 aliphatic heterocycles. The fraction of sp³-hybridized carbons (Fsp3) is 0.0588. The number of carbonyl (C=O) groups excluding carboxylic acids is 1. The lowest BCUT2D eigenvalue weighted by Gasteiger charge is -2.18. The minimum atomic E-state index is -0.920. The van der Waals surface area contributed by atoms with Gasteiger partial charge in [0.25, 0.3) is 5.56 Å². The van der Waals surface area contributed by atoms with Crippen molar-refractivity contribution in [3.05, 3.63) is 89.6 Å². The Kier molecular flexibility index (Phi) is 5.36. The third-order valence-corrected chi connectivity index (χ3v) is 4.68. The van der Waals surface area contributed by atoms with Crippen LogP contribution in [0.2, 0.25) is 15.1 Å². The number of aromatic nitrogens is 3. The largest absolute Gasteiger partial charge is 0.369 e. The van der Waals surface area contributed by atoms with Crippen molar-refractivity contribution in [2.24, 2.45) is 5.73 Å². The summed E-state index contributed by atoms with van der Waals surface area (Å²) < 4.78 is 0.921. The SMILES string of the molecule is NC(=O)C(c1ccc(Cl)cc1)c1c(Cl)cc(-n2ncc(=O)[nH]c2=O)cc1Cl. The molecular formula is C17H11Cl3N4O3. The molecule has 3 aromatic rings. The normalized spacial score (nSPS) is 12.0. The predicted molar refractivity (Wildman–Crippen MR) is 103 cm³/mol. The number of nitrogens with one attached hydrogen (secondary N) is 1. The first-order chi connectivity index (χ1) is 12.8. The molecule has 1 amide bonds. The van der Waals surface area contributed by atoms with E-state index in [1.165, 1.54) is 12.1 Å². The van der Waals surface area contributed by atoms with E-state index in [2.05, 4.69) is 10.1 Å². The number of H-pyrrole nitrogens is 1. The Morgan fingerprint density at radius 2 is 1.67 bits per heavy atom. The van der Waals surface area contributed by atoms with E-state index in [0.717, 1.165) is 10.9 Å². The maximum Gasteiger partial charge on any atom is 0.349 e. The molecule has 0 bridgehead atoms. The molecule has 0 spiro atoms. The summed E-state index contributed by atoms with van der Waals surface area (Å²) in [7, 11) is 0. The van der Waals surface area contributed by atoms with Gasteiger partial charge in [-0.2, -0.15) is 9.78 Å². The molecule has 0 aliphatic rings. The lowest BCUT2D eigenvalue weighted by molar-refractivity contribution is -0.118. The van der Waals surface area contributed by atoms with Crippen LogP contribution in [0.25, 0.3) is 5.69 Å². The minimum absolute atomic E-state index is 0.108. The van der Waals surface area contributed by atoms with E-state index >= 15 is 0 Å². The van der Waals surface area contributed by atoms with Crippen molar-refractivity contribution < 1.29 is 4.79 Å². The lowest BCUT2D eigenvalue weighted by Crippen LogP contribution is -2.30. The van der Waals surface area contributed by atoms with Crippen molar-refractivity contribution in [3.8, 4) is 5.69 Å². The standard InChI is InChI=1S/C17H11Cl3N4O3/c18-9-3-1-8(2-4-9)14(16(21)26)15-11(19)5-10(6-12(15)20)24-17(27)23-13(25)7-22-24/h1-7,14H,(H2,21,26)(H,23,25,27). The number of amides is 1. The van der Waals surface area contributed by atoms with Gasteiger partial charge in [0.2, 0.25) is 5.91 Å². The molecule has 3 N–H and O–H groups in total. The number of hydrogen-bond acceptors (Lipinski definition) is 4. The lowest BCUT2D eigenvalue weighted by atomic mass is 9.90. The van der Waals surface area contributed by atoms with E-state index in [1.807, 2.05) is 0 Å². The van der Waals surface area contributed by atoms with E-state index in [4.69, 9.17) is 40.5 Å². The van der Waals surface area contributed by atoms with Gasteiger partial charge in [-0.25, -0.2) is 4.79 Å². The summed E-state index contributed by atoms with van der Waals surface area (Å²) in [4.78, 5) is 37.3. The number of benzene rings is 2. The second-order valence-electron chi connectivity index (χ2n) is 5.56. The van der Waals surface area contributed by atoms with Gasteiger partial charge in [-0.05, 0) is 29.8 Å². The first kappa shape index (κ1) is 19.2. The third kappa shape index (κ3) is 3.90. The molecule has 1 aromatic heterocycles. The van der Waals surface area contributed by atoms with E-state index in [0.29, 0.717) is 10.6 Å². The molecule has 1 atom stereocenters. The summed E-state index contributed by atoms with van der Waals surface area (Å²) in [5.74, 6) is -1.58. The molecule has 7 nitrogen and oxygen atoms in total. The summed E-state index contributed by atoms with van der Waals surface area (Å²) in [5.41, 5.74) is 5.24. The van der Waals surface area contributed by atoms with Gasteiger partial charge in [0.1, 0.15) is 6.20 Å². The zero-order chi connectivity index (χ0) is 19.7. The van der Waals surface area contributed by atoms with Gasteiger partial charge < -0.3 is 5.73 Å². The molecule has 0 fully saturated rings. The number of nitrogens with zero attached hydrogens (tertiary/aromatic N) is 2. The van der Waals surface area contributed by atoms with Crippen LogP contribution in [0.15, 0.2) is 52.2 Å². The van der Waals surface area contributed by atoms with Gasteiger partial charge >= 0.3 is 5.69 Å². The smallest absolute Gasteiger partial charge is 0.349 e. The van der Waals surface area contributed by atoms with Gasteiger partial charge in [0.05, 0.1) is 11.6 Å². The number of primary amides is 1. The van der Waals surface area contributed by atoms with Crippen molar-refractivity contribution in [1.29, 1.82) is 0 Å². The fourth-order valence-electron chi connectivity index (χ4n) is 2.63. The van der Waals surface area contributed by atoms with Crippen LogP contribution in [0.3, 0.4) is 0 Å². The molecular weight excluding hydrogens is 415 g/mol. The number of rotatable bonds is 4. The average molecular weight is 426 g/mol. The summed E-state index contributed by atoms with van der Waals surface area (Å²) in [6.45, 7) is 0. The number of hydrogen-bond donors (Lipinski definition) is 2. The number of carbonyl (C=O) groups is 1. The van der Waals surface area contributed by atoms with Crippen LogP contribution in [0.5, 0.6) is 0 Å². The van der Waals surface area contributed by atoms with Gasteiger partial charge in [-0.15, -0.1) is 0 Å². The molecule has 0 saturated carbocycles. The molecule has 0 aliphatic carbocycles. The maximum atomic E-state index is 12.1. The Labute approximate surface area is 167 Å². The number of halogens is 3. The molecule has 3 rings (SSSR count). The van der Waals surface area contributed by atoms with Gasteiger partial charge in [-0.3, -0.25) is 14.6 Å². The third-order valence-electron chi connectivity index (χ3n) is 3.80. The molecule has 0 saturated heterocycles. The highest BCUT2D eigenvalue weighted by Crippen LogP contribution is 2.37. The van der Waals surface area contributed by atoms with Crippen molar-refractivity contribution in [2.45, 2.75) is 5.92 Å². The van der Waals surface area contributed by atoms with Crippen molar-refractivity contribution >= 4 is 40.7 Å². The van der Waals surface area contributed by atoms with Gasteiger partial charge in [0, 0.05) is 20.6 Å². The first-order valence-corrected chi connectivity index (χ1v) is 8.64. The van der Waals surface area contributed by atoms with Crippen LogP contribution in [0.4, 0.5) is 0 Å². The van der Waals surface area contributed by atoms with Gasteiger partial charge in [-0.1, -0.05) is 46.9 Å². The first-order valence-electron chi connectivity index (χ1n) is 7.50. The fourth-order valence-corrected chi connectivity index (χ4v) is 3.45.